The zero-order valence-electron chi connectivity index (χ0n) is 17.7. The zero-order chi connectivity index (χ0) is 19.8. The molecule has 156 valence electrons. The van der Waals surface area contributed by atoms with Crippen molar-refractivity contribution in [2.45, 2.75) is 64.4 Å². The molecule has 29 heavy (non-hydrogen) atoms. The average molecular weight is 396 g/mol. The summed E-state index contributed by atoms with van der Waals surface area (Å²) in [6.45, 7) is 7.37. The van der Waals surface area contributed by atoms with Crippen LogP contribution in [0.15, 0.2) is 23.2 Å². The van der Waals surface area contributed by atoms with Gasteiger partial charge in [-0.2, -0.15) is 0 Å². The number of hydrogen-bond acceptors (Lipinski definition) is 5. The number of rotatable bonds is 4. The Hall–Kier alpha value is -1.88. The predicted molar refractivity (Wildman–Crippen MR) is 116 cm³/mol. The van der Waals surface area contributed by atoms with Crippen LogP contribution in [0.5, 0.6) is 0 Å². The molecule has 0 aromatic heterocycles. The van der Waals surface area contributed by atoms with Gasteiger partial charge in [-0.05, 0) is 37.8 Å². The minimum Gasteiger partial charge on any atom is -0.462 e. The maximum atomic E-state index is 12.5. The molecule has 0 bridgehead atoms. The largest absolute Gasteiger partial charge is 0.462 e. The predicted octanol–water partition coefficient (Wildman–Crippen LogP) is 4.11. The van der Waals surface area contributed by atoms with Gasteiger partial charge in [0.2, 0.25) is 0 Å². The maximum Gasteiger partial charge on any atom is 0.312 e. The van der Waals surface area contributed by atoms with Gasteiger partial charge in [0.05, 0.1) is 16.8 Å². The van der Waals surface area contributed by atoms with Gasteiger partial charge < -0.3 is 9.64 Å². The third-order valence-electron chi connectivity index (χ3n) is 7.46. The van der Waals surface area contributed by atoms with E-state index in [0.717, 1.165) is 64.8 Å². The summed E-state index contributed by atoms with van der Waals surface area (Å²) in [6.07, 6.45) is 8.82. The molecule has 1 atom stereocenters. The van der Waals surface area contributed by atoms with Crippen molar-refractivity contribution in [1.29, 1.82) is 0 Å². The summed E-state index contributed by atoms with van der Waals surface area (Å²) < 4.78 is 5.81. The van der Waals surface area contributed by atoms with Crippen LogP contribution < -0.4 is 4.90 Å². The first-order valence-corrected chi connectivity index (χ1v) is 11.5. The molecular weight excluding hydrogens is 362 g/mol. The van der Waals surface area contributed by atoms with Crippen molar-refractivity contribution in [3.05, 3.63) is 23.8 Å². The standard InChI is InChI=1S/C24H33N3O2/c1-18-16-19-6-5-7-21(22(19)25-18)27-14-12-26(13-15-27)11-8-20-17-24(23(28)29-20)9-3-2-4-10-24/h5-7,20H,2-4,8-17H2,1H3. The van der Waals surface area contributed by atoms with Gasteiger partial charge in [0.25, 0.3) is 0 Å². The number of piperazine rings is 1. The Balaban J connectivity index is 1.13. The van der Waals surface area contributed by atoms with Crippen molar-refractivity contribution >= 4 is 23.1 Å². The summed E-state index contributed by atoms with van der Waals surface area (Å²) >= 11 is 0. The average Bonchev–Trinajstić information content (AvgIpc) is 3.26. The third kappa shape index (κ3) is 3.70. The molecule has 3 aliphatic heterocycles. The molecule has 4 aliphatic rings. The van der Waals surface area contributed by atoms with Crippen LogP contribution in [0.2, 0.25) is 0 Å². The fourth-order valence-electron chi connectivity index (χ4n) is 5.78. The van der Waals surface area contributed by atoms with Gasteiger partial charge in [-0.25, -0.2) is 0 Å². The molecule has 5 rings (SSSR count). The lowest BCUT2D eigenvalue weighted by atomic mass is 9.72. The number of aliphatic imine (C=N–C) groups is 1. The normalized spacial score (nSPS) is 26.5. The van der Waals surface area contributed by atoms with Crippen molar-refractivity contribution in [1.82, 2.24) is 4.90 Å². The summed E-state index contributed by atoms with van der Waals surface area (Å²) in [5.41, 5.74) is 4.93. The van der Waals surface area contributed by atoms with Gasteiger partial charge in [-0.3, -0.25) is 14.7 Å². The molecule has 1 aromatic rings. The number of para-hydroxylation sites is 1. The van der Waals surface area contributed by atoms with E-state index in [4.69, 9.17) is 9.73 Å². The number of benzene rings is 1. The quantitative estimate of drug-likeness (QED) is 0.720. The highest BCUT2D eigenvalue weighted by Gasteiger charge is 2.48. The topological polar surface area (TPSA) is 45.1 Å². The second-order valence-electron chi connectivity index (χ2n) is 9.50. The Bertz CT molecular complexity index is 804. The number of anilines is 1. The second-order valence-corrected chi connectivity index (χ2v) is 9.50. The Morgan fingerprint density at radius 1 is 1.14 bits per heavy atom. The van der Waals surface area contributed by atoms with E-state index >= 15 is 0 Å². The minimum absolute atomic E-state index is 0.0980. The smallest absolute Gasteiger partial charge is 0.312 e. The lowest BCUT2D eigenvalue weighted by Crippen LogP contribution is -2.47. The molecule has 1 aromatic carbocycles. The Morgan fingerprint density at radius 3 is 2.72 bits per heavy atom. The third-order valence-corrected chi connectivity index (χ3v) is 7.46. The number of carbonyl (C=O) groups is 1. The fourth-order valence-corrected chi connectivity index (χ4v) is 5.78. The number of ether oxygens (including phenoxy) is 1. The van der Waals surface area contributed by atoms with Crippen molar-refractivity contribution in [3.63, 3.8) is 0 Å². The van der Waals surface area contributed by atoms with Gasteiger partial charge in [0.15, 0.2) is 0 Å². The number of fused-ring (bicyclic) bond motifs is 1. The molecular formula is C24H33N3O2. The summed E-state index contributed by atoms with van der Waals surface area (Å²) in [5, 5.41) is 0. The van der Waals surface area contributed by atoms with Gasteiger partial charge in [-0.1, -0.05) is 31.4 Å². The number of cyclic esters (lactones) is 1. The molecule has 2 saturated heterocycles. The molecule has 3 fully saturated rings. The van der Waals surface area contributed by atoms with E-state index < -0.39 is 0 Å². The number of nitrogens with zero attached hydrogens (tertiary/aromatic N) is 3. The molecule has 1 spiro atoms. The highest BCUT2D eigenvalue weighted by atomic mass is 16.6. The van der Waals surface area contributed by atoms with Crippen LogP contribution in [0.3, 0.4) is 0 Å². The van der Waals surface area contributed by atoms with Crippen LogP contribution in [-0.4, -0.2) is 55.4 Å². The Labute approximate surface area is 174 Å². The van der Waals surface area contributed by atoms with Crippen molar-refractivity contribution < 1.29 is 9.53 Å². The van der Waals surface area contributed by atoms with Crippen molar-refractivity contribution in [2.75, 3.05) is 37.6 Å². The molecule has 1 aliphatic carbocycles. The lowest BCUT2D eigenvalue weighted by molar-refractivity contribution is -0.150. The molecule has 0 N–H and O–H groups in total. The fraction of sp³-hybridized carbons (Fsp3) is 0.667. The minimum atomic E-state index is -0.131. The first-order valence-electron chi connectivity index (χ1n) is 11.5. The monoisotopic (exact) mass is 395 g/mol. The van der Waals surface area contributed by atoms with Crippen molar-refractivity contribution in [2.24, 2.45) is 10.4 Å². The maximum absolute atomic E-state index is 12.5. The van der Waals surface area contributed by atoms with Gasteiger partial charge in [0.1, 0.15) is 6.10 Å². The van der Waals surface area contributed by atoms with E-state index in [2.05, 4.69) is 34.9 Å². The molecule has 5 nitrogen and oxygen atoms in total. The van der Waals surface area contributed by atoms with Crippen molar-refractivity contribution in [3.8, 4) is 0 Å². The summed E-state index contributed by atoms with van der Waals surface area (Å²) in [5.74, 6) is 0.0980. The molecule has 5 heteroatoms. The number of carbonyl (C=O) groups excluding carboxylic acids is 1. The first-order chi connectivity index (χ1) is 14.1. The molecule has 3 heterocycles. The lowest BCUT2D eigenvalue weighted by Gasteiger charge is -2.37. The van der Waals surface area contributed by atoms with E-state index in [1.807, 2.05) is 0 Å². The summed E-state index contributed by atoms with van der Waals surface area (Å²) in [7, 11) is 0. The SMILES string of the molecule is CC1=Nc2c(cccc2N2CCN(CCC3CC4(CCCCC4)C(=O)O3)CC2)C1. The van der Waals surface area contributed by atoms with E-state index in [0.29, 0.717) is 0 Å². The van der Waals surface area contributed by atoms with E-state index in [1.54, 1.807) is 0 Å². The van der Waals surface area contributed by atoms with Crippen LogP contribution in [0, 0.1) is 5.41 Å². The van der Waals surface area contributed by atoms with Gasteiger partial charge in [0, 0.05) is 51.3 Å². The Morgan fingerprint density at radius 2 is 1.93 bits per heavy atom. The van der Waals surface area contributed by atoms with Crippen LogP contribution in [0.1, 0.15) is 57.4 Å². The van der Waals surface area contributed by atoms with E-state index in [1.165, 1.54) is 41.9 Å². The van der Waals surface area contributed by atoms with E-state index in [9.17, 15) is 4.79 Å². The summed E-state index contributed by atoms with van der Waals surface area (Å²) in [4.78, 5) is 22.3. The number of hydrogen-bond donors (Lipinski definition) is 0. The molecule has 0 amide bonds. The highest BCUT2D eigenvalue weighted by molar-refractivity contribution is 5.95. The first kappa shape index (κ1) is 19.1. The molecule has 1 saturated carbocycles. The molecule has 1 unspecified atom stereocenters. The van der Waals surface area contributed by atoms with Crippen LogP contribution in [0.4, 0.5) is 11.4 Å². The second kappa shape index (κ2) is 7.75. The van der Waals surface area contributed by atoms with Crippen LogP contribution >= 0.6 is 0 Å². The van der Waals surface area contributed by atoms with Gasteiger partial charge >= 0.3 is 5.97 Å². The van der Waals surface area contributed by atoms with E-state index in [-0.39, 0.29) is 17.5 Å². The Kier molecular flexibility index (Phi) is 5.10. The van der Waals surface area contributed by atoms with Crippen LogP contribution in [-0.2, 0) is 16.0 Å². The number of esters is 1. The molecule has 0 radical (unpaired) electrons. The van der Waals surface area contributed by atoms with Crippen LogP contribution in [0.25, 0.3) is 0 Å². The zero-order valence-corrected chi connectivity index (χ0v) is 17.7. The summed E-state index contributed by atoms with van der Waals surface area (Å²) in [6, 6.07) is 6.60. The highest BCUT2D eigenvalue weighted by Crippen LogP contribution is 2.46. The van der Waals surface area contributed by atoms with Gasteiger partial charge in [-0.15, -0.1) is 0 Å².